The van der Waals surface area contributed by atoms with Crippen molar-refractivity contribution >= 4 is 11.6 Å². The quantitative estimate of drug-likeness (QED) is 0.788. The molecule has 0 bridgehead atoms. The number of anilines is 1. The van der Waals surface area contributed by atoms with Crippen molar-refractivity contribution in [2.75, 3.05) is 11.9 Å². The minimum Gasteiger partial charge on any atom is -0.493 e. The Bertz CT molecular complexity index is 617. The molecular weight excluding hydrogens is 286 g/mol. The van der Waals surface area contributed by atoms with Crippen molar-refractivity contribution in [2.24, 2.45) is 0 Å². The van der Waals surface area contributed by atoms with E-state index in [1.165, 1.54) is 11.1 Å². The molecule has 0 saturated heterocycles. The molecule has 0 aromatic heterocycles. The van der Waals surface area contributed by atoms with E-state index in [1.54, 1.807) is 0 Å². The maximum atomic E-state index is 11.9. The lowest BCUT2D eigenvalue weighted by atomic mass is 9.99. The smallest absolute Gasteiger partial charge is 0.227 e. The van der Waals surface area contributed by atoms with Crippen LogP contribution in [0.15, 0.2) is 48.5 Å². The Kier molecular flexibility index (Phi) is 6.21. The molecule has 0 spiro atoms. The van der Waals surface area contributed by atoms with Crippen LogP contribution >= 0.6 is 0 Å². The van der Waals surface area contributed by atoms with Crippen LogP contribution in [-0.2, 0) is 4.79 Å². The van der Waals surface area contributed by atoms with Crippen LogP contribution in [-0.4, -0.2) is 12.5 Å². The molecular formula is C20H25NO2. The van der Waals surface area contributed by atoms with Gasteiger partial charge in [0.2, 0.25) is 5.91 Å². The van der Waals surface area contributed by atoms with E-state index in [4.69, 9.17) is 4.74 Å². The van der Waals surface area contributed by atoms with Crippen molar-refractivity contribution in [2.45, 2.75) is 39.5 Å². The lowest BCUT2D eigenvalue weighted by Crippen LogP contribution is -2.15. The fourth-order valence-corrected chi connectivity index (χ4v) is 2.25. The Morgan fingerprint density at radius 1 is 1.09 bits per heavy atom. The van der Waals surface area contributed by atoms with Crippen molar-refractivity contribution in [3.8, 4) is 5.75 Å². The van der Waals surface area contributed by atoms with Gasteiger partial charge < -0.3 is 10.1 Å². The van der Waals surface area contributed by atoms with Gasteiger partial charge in [-0.1, -0.05) is 43.7 Å². The minimum absolute atomic E-state index is 0.0339. The lowest BCUT2D eigenvalue weighted by molar-refractivity contribution is -0.116. The summed E-state index contributed by atoms with van der Waals surface area (Å²) in [7, 11) is 0. The molecule has 0 heterocycles. The van der Waals surface area contributed by atoms with Crippen LogP contribution in [0.5, 0.6) is 5.75 Å². The molecule has 1 amide bonds. The van der Waals surface area contributed by atoms with E-state index < -0.39 is 0 Å². The fourth-order valence-electron chi connectivity index (χ4n) is 2.25. The Balaban J connectivity index is 1.77. The number of aryl methyl sites for hydroxylation is 1. The van der Waals surface area contributed by atoms with Crippen LogP contribution in [0.1, 0.15) is 43.7 Å². The number of ether oxygens (including phenoxy) is 1. The van der Waals surface area contributed by atoms with Gasteiger partial charge in [0, 0.05) is 5.69 Å². The summed E-state index contributed by atoms with van der Waals surface area (Å²) >= 11 is 0. The Hall–Kier alpha value is -2.29. The third-order valence-electron chi connectivity index (χ3n) is 3.99. The molecule has 2 rings (SSSR count). The highest BCUT2D eigenvalue weighted by Gasteiger charge is 2.05. The van der Waals surface area contributed by atoms with E-state index in [2.05, 4.69) is 31.3 Å². The number of carbonyl (C=O) groups excluding carboxylic acids is 1. The average Bonchev–Trinajstić information content (AvgIpc) is 2.56. The van der Waals surface area contributed by atoms with Crippen LogP contribution in [0, 0.1) is 6.92 Å². The molecule has 23 heavy (non-hydrogen) atoms. The number of hydrogen-bond acceptors (Lipinski definition) is 2. The second kappa shape index (κ2) is 8.37. The second-order valence-corrected chi connectivity index (χ2v) is 5.89. The van der Waals surface area contributed by atoms with Gasteiger partial charge in [-0.05, 0) is 49.1 Å². The number of rotatable bonds is 7. The number of benzene rings is 2. The molecule has 1 N–H and O–H groups in total. The van der Waals surface area contributed by atoms with Crippen molar-refractivity contribution in [3.63, 3.8) is 0 Å². The Morgan fingerprint density at radius 2 is 1.74 bits per heavy atom. The van der Waals surface area contributed by atoms with Gasteiger partial charge in [0.05, 0.1) is 13.0 Å². The molecule has 3 heteroatoms. The van der Waals surface area contributed by atoms with Crippen molar-refractivity contribution in [1.82, 2.24) is 0 Å². The van der Waals surface area contributed by atoms with Crippen molar-refractivity contribution in [3.05, 3.63) is 59.7 Å². The first kappa shape index (κ1) is 17.1. The maximum Gasteiger partial charge on any atom is 0.227 e. The average molecular weight is 311 g/mol. The first-order valence-electron chi connectivity index (χ1n) is 8.17. The highest BCUT2D eigenvalue weighted by molar-refractivity contribution is 5.90. The second-order valence-electron chi connectivity index (χ2n) is 5.89. The van der Waals surface area contributed by atoms with Crippen LogP contribution in [0.2, 0.25) is 0 Å². The number of carbonyl (C=O) groups is 1. The number of nitrogens with one attached hydrogen (secondary N) is 1. The molecule has 0 aliphatic heterocycles. The summed E-state index contributed by atoms with van der Waals surface area (Å²) in [6.07, 6.45) is 1.45. The zero-order valence-corrected chi connectivity index (χ0v) is 14.1. The highest BCUT2D eigenvalue weighted by atomic mass is 16.5. The first-order chi connectivity index (χ1) is 11.1. The monoisotopic (exact) mass is 311 g/mol. The predicted molar refractivity (Wildman–Crippen MR) is 95.1 cm³/mol. The van der Waals surface area contributed by atoms with Crippen LogP contribution in [0.4, 0.5) is 5.69 Å². The van der Waals surface area contributed by atoms with Gasteiger partial charge in [-0.15, -0.1) is 0 Å². The largest absolute Gasteiger partial charge is 0.493 e. The van der Waals surface area contributed by atoms with Gasteiger partial charge in [0.15, 0.2) is 0 Å². The summed E-state index contributed by atoms with van der Waals surface area (Å²) in [4.78, 5) is 11.9. The molecule has 2 aromatic rings. The van der Waals surface area contributed by atoms with Crippen LogP contribution in [0.25, 0.3) is 0 Å². The minimum atomic E-state index is -0.0339. The lowest BCUT2D eigenvalue weighted by Gasteiger charge is -2.11. The van der Waals surface area contributed by atoms with E-state index >= 15 is 0 Å². The summed E-state index contributed by atoms with van der Waals surface area (Å²) in [6, 6.07) is 15.9. The summed E-state index contributed by atoms with van der Waals surface area (Å²) in [5.41, 5.74) is 3.32. The van der Waals surface area contributed by atoms with Gasteiger partial charge in [0.25, 0.3) is 0 Å². The summed E-state index contributed by atoms with van der Waals surface area (Å²) < 4.78 is 5.57. The molecule has 0 unspecified atom stereocenters. The van der Waals surface area contributed by atoms with Gasteiger partial charge in [-0.2, -0.15) is 0 Å². The zero-order chi connectivity index (χ0) is 16.7. The molecule has 122 valence electrons. The standard InChI is InChI=1S/C20H25NO2/c1-4-16(3)17-7-9-18(10-8-17)21-20(22)13-14-23-19-11-5-15(2)6-12-19/h5-12,16H,4,13-14H2,1-3H3,(H,21,22)/t16-/m1/s1. The fraction of sp³-hybridized carbons (Fsp3) is 0.350. The van der Waals surface area contributed by atoms with E-state index in [-0.39, 0.29) is 5.91 Å². The Morgan fingerprint density at radius 3 is 2.35 bits per heavy atom. The zero-order valence-electron chi connectivity index (χ0n) is 14.1. The topological polar surface area (TPSA) is 38.3 Å². The third-order valence-corrected chi connectivity index (χ3v) is 3.99. The van der Waals surface area contributed by atoms with E-state index in [1.807, 2.05) is 43.3 Å². The molecule has 0 aliphatic rings. The SMILES string of the molecule is CC[C@@H](C)c1ccc(NC(=O)CCOc2ccc(C)cc2)cc1. The predicted octanol–water partition coefficient (Wildman–Crippen LogP) is 4.92. The molecule has 0 fully saturated rings. The Labute approximate surface area is 138 Å². The number of hydrogen-bond donors (Lipinski definition) is 1. The van der Waals surface area contributed by atoms with E-state index in [0.29, 0.717) is 18.9 Å². The van der Waals surface area contributed by atoms with Crippen molar-refractivity contribution < 1.29 is 9.53 Å². The third kappa shape index (κ3) is 5.44. The molecule has 0 aliphatic carbocycles. The summed E-state index contributed by atoms with van der Waals surface area (Å²) in [6.45, 7) is 6.79. The summed E-state index contributed by atoms with van der Waals surface area (Å²) in [5.74, 6) is 1.30. The van der Waals surface area contributed by atoms with Crippen molar-refractivity contribution in [1.29, 1.82) is 0 Å². The van der Waals surface area contributed by atoms with Gasteiger partial charge in [-0.3, -0.25) is 4.79 Å². The molecule has 2 aromatic carbocycles. The summed E-state index contributed by atoms with van der Waals surface area (Å²) in [5, 5.41) is 2.90. The normalized spacial score (nSPS) is 11.8. The van der Waals surface area contributed by atoms with E-state index in [0.717, 1.165) is 17.9 Å². The maximum absolute atomic E-state index is 11.9. The molecule has 0 radical (unpaired) electrons. The molecule has 0 saturated carbocycles. The van der Waals surface area contributed by atoms with E-state index in [9.17, 15) is 4.79 Å². The van der Waals surface area contributed by atoms with Crippen LogP contribution in [0.3, 0.4) is 0 Å². The van der Waals surface area contributed by atoms with Gasteiger partial charge in [-0.25, -0.2) is 0 Å². The molecule has 3 nitrogen and oxygen atoms in total. The van der Waals surface area contributed by atoms with Gasteiger partial charge in [0.1, 0.15) is 5.75 Å². The highest BCUT2D eigenvalue weighted by Crippen LogP contribution is 2.20. The van der Waals surface area contributed by atoms with Gasteiger partial charge >= 0.3 is 0 Å². The first-order valence-corrected chi connectivity index (χ1v) is 8.17. The molecule has 1 atom stereocenters. The number of amides is 1. The van der Waals surface area contributed by atoms with Crippen LogP contribution < -0.4 is 10.1 Å².